The summed E-state index contributed by atoms with van der Waals surface area (Å²) in [6.45, 7) is 1.56. The Kier molecular flexibility index (Phi) is 7.98. The summed E-state index contributed by atoms with van der Waals surface area (Å²) in [5.41, 5.74) is 7.48. The Morgan fingerprint density at radius 3 is 2.45 bits per heavy atom. The Bertz CT molecular complexity index is 1110. The van der Waals surface area contributed by atoms with Gasteiger partial charge in [-0.3, -0.25) is 9.48 Å². The summed E-state index contributed by atoms with van der Waals surface area (Å²) in [7, 11) is 2.36. The van der Waals surface area contributed by atoms with Crippen molar-refractivity contribution in [1.29, 1.82) is 0 Å². The molecule has 8 nitrogen and oxygen atoms in total. The average Bonchev–Trinajstić information content (AvgIpc) is 2.95. The zero-order valence-electron chi connectivity index (χ0n) is 18.2. The van der Waals surface area contributed by atoms with E-state index in [0.29, 0.717) is 16.8 Å². The largest absolute Gasteiger partial charge is 0.343 e. The fourth-order valence-corrected chi connectivity index (χ4v) is 4.43. The lowest BCUT2D eigenvalue weighted by Crippen LogP contribution is -2.26. The summed E-state index contributed by atoms with van der Waals surface area (Å²) < 4.78 is 41.3. The van der Waals surface area contributed by atoms with Crippen molar-refractivity contribution in [3.63, 3.8) is 0 Å². The Morgan fingerprint density at radius 2 is 1.94 bits per heavy atom. The number of sulfonamides is 1. The van der Waals surface area contributed by atoms with E-state index in [2.05, 4.69) is 5.10 Å². The van der Waals surface area contributed by atoms with Crippen molar-refractivity contribution < 1.29 is 17.6 Å². The zero-order chi connectivity index (χ0) is 23.5. The molecule has 0 aliphatic carbocycles. The number of allylic oxidation sites excluding steroid dienone is 1. The molecule has 0 atom stereocenters. The quantitative estimate of drug-likeness (QED) is 0.636. The van der Waals surface area contributed by atoms with E-state index in [9.17, 15) is 17.6 Å². The molecule has 11 heteroatoms. The second-order valence-corrected chi connectivity index (χ2v) is 9.91. The van der Waals surface area contributed by atoms with E-state index < -0.39 is 15.9 Å². The molecule has 1 aromatic heterocycles. The van der Waals surface area contributed by atoms with Crippen LogP contribution in [0.2, 0.25) is 5.02 Å². The highest BCUT2D eigenvalue weighted by molar-refractivity contribution is 7.89. The molecule has 1 amide bonds. The van der Waals surface area contributed by atoms with Gasteiger partial charge in [0.2, 0.25) is 10.0 Å². The molecule has 1 aromatic carbocycles. The number of aromatic nitrogens is 2. The standard InChI is InChI=1S/C20H27ClFN5O3S/c1-13-16(10-14-6-7-18(17(21)11-14)31(29,30)26(4)5)19(20(28)25(2)3)27(24-13)12-15(22)8-9-23/h6-8,11H,9-10,12,23H2,1-5H3/b15-8-. The second kappa shape index (κ2) is 9.90. The Labute approximate surface area is 187 Å². The number of hydrogen-bond donors (Lipinski definition) is 1. The molecule has 0 unspecified atom stereocenters. The van der Waals surface area contributed by atoms with Gasteiger partial charge in [-0.25, -0.2) is 17.1 Å². The number of aryl methyl sites for hydroxylation is 1. The minimum atomic E-state index is -3.69. The zero-order valence-corrected chi connectivity index (χ0v) is 19.8. The number of hydrogen-bond acceptors (Lipinski definition) is 5. The fourth-order valence-electron chi connectivity index (χ4n) is 3.00. The predicted octanol–water partition coefficient (Wildman–Crippen LogP) is 2.20. The van der Waals surface area contributed by atoms with Gasteiger partial charge in [-0.15, -0.1) is 0 Å². The third-order valence-electron chi connectivity index (χ3n) is 4.64. The lowest BCUT2D eigenvalue weighted by molar-refractivity contribution is 0.0814. The number of nitrogens with zero attached hydrogens (tertiary/aromatic N) is 4. The molecule has 2 aromatic rings. The van der Waals surface area contributed by atoms with Crippen molar-refractivity contribution in [2.24, 2.45) is 5.73 Å². The third kappa shape index (κ3) is 5.51. The molecule has 0 spiro atoms. The maximum atomic E-state index is 14.1. The van der Waals surface area contributed by atoms with Gasteiger partial charge < -0.3 is 10.6 Å². The maximum absolute atomic E-state index is 14.1. The number of nitrogens with two attached hydrogens (primary N) is 1. The van der Waals surface area contributed by atoms with Crippen LogP contribution < -0.4 is 5.73 Å². The van der Waals surface area contributed by atoms with Gasteiger partial charge in [-0.2, -0.15) is 5.10 Å². The maximum Gasteiger partial charge on any atom is 0.271 e. The van der Waals surface area contributed by atoms with Crippen LogP contribution in [-0.4, -0.2) is 68.0 Å². The van der Waals surface area contributed by atoms with E-state index in [0.717, 1.165) is 4.31 Å². The first kappa shape index (κ1) is 25.0. The predicted molar refractivity (Wildman–Crippen MR) is 118 cm³/mol. The Balaban J connectivity index is 2.52. The van der Waals surface area contributed by atoms with E-state index in [-0.39, 0.29) is 41.0 Å². The minimum Gasteiger partial charge on any atom is -0.343 e. The van der Waals surface area contributed by atoms with Gasteiger partial charge in [-0.1, -0.05) is 17.7 Å². The number of carbonyl (C=O) groups excluding carboxylic acids is 1. The molecule has 31 heavy (non-hydrogen) atoms. The highest BCUT2D eigenvalue weighted by Crippen LogP contribution is 2.27. The van der Waals surface area contributed by atoms with Crippen molar-refractivity contribution in [3.8, 4) is 0 Å². The highest BCUT2D eigenvalue weighted by Gasteiger charge is 2.25. The first-order chi connectivity index (χ1) is 14.4. The Hall–Kier alpha value is -2.27. The van der Waals surface area contributed by atoms with Crippen molar-refractivity contribution in [3.05, 3.63) is 57.6 Å². The second-order valence-electron chi connectivity index (χ2n) is 7.39. The van der Waals surface area contributed by atoms with Crippen LogP contribution in [0.25, 0.3) is 0 Å². The smallest absolute Gasteiger partial charge is 0.271 e. The van der Waals surface area contributed by atoms with E-state index in [4.69, 9.17) is 17.3 Å². The van der Waals surface area contributed by atoms with Crippen LogP contribution in [0.15, 0.2) is 35.0 Å². The summed E-state index contributed by atoms with van der Waals surface area (Å²) >= 11 is 6.25. The molecule has 170 valence electrons. The molecule has 2 rings (SSSR count). The van der Waals surface area contributed by atoms with Crippen LogP contribution in [-0.2, 0) is 23.0 Å². The topological polar surface area (TPSA) is 102 Å². The number of carbonyl (C=O) groups is 1. The van der Waals surface area contributed by atoms with Crippen LogP contribution in [0.3, 0.4) is 0 Å². The molecule has 0 fully saturated rings. The number of rotatable bonds is 8. The first-order valence-corrected chi connectivity index (χ1v) is 11.2. The van der Waals surface area contributed by atoms with Crippen LogP contribution in [0.4, 0.5) is 4.39 Å². The molecule has 0 aliphatic rings. The number of halogens is 2. The summed E-state index contributed by atoms with van der Waals surface area (Å²) in [5.74, 6) is -0.820. The van der Waals surface area contributed by atoms with Crippen LogP contribution in [0.1, 0.15) is 27.3 Å². The molecule has 0 saturated carbocycles. The molecule has 0 saturated heterocycles. The molecular weight excluding hydrogens is 445 g/mol. The number of benzene rings is 1. The average molecular weight is 472 g/mol. The van der Waals surface area contributed by atoms with E-state index in [1.807, 2.05) is 0 Å². The summed E-state index contributed by atoms with van der Waals surface area (Å²) in [6.07, 6.45) is 1.50. The van der Waals surface area contributed by atoms with Gasteiger partial charge in [0, 0.05) is 46.7 Å². The van der Waals surface area contributed by atoms with Gasteiger partial charge >= 0.3 is 0 Å². The molecular formula is C20H27ClFN5O3S. The third-order valence-corrected chi connectivity index (χ3v) is 6.93. The minimum absolute atomic E-state index is 0.00563. The lowest BCUT2D eigenvalue weighted by Gasteiger charge is -2.15. The van der Waals surface area contributed by atoms with Gasteiger partial charge in [0.25, 0.3) is 5.91 Å². The number of amides is 1. The normalized spacial score (nSPS) is 12.5. The van der Waals surface area contributed by atoms with Crippen molar-refractivity contribution >= 4 is 27.5 Å². The highest BCUT2D eigenvalue weighted by atomic mass is 35.5. The van der Waals surface area contributed by atoms with E-state index in [1.54, 1.807) is 33.2 Å². The van der Waals surface area contributed by atoms with Crippen LogP contribution >= 0.6 is 11.6 Å². The fraction of sp³-hybridized carbons (Fsp3) is 0.400. The van der Waals surface area contributed by atoms with Gasteiger partial charge in [0.15, 0.2) is 0 Å². The monoisotopic (exact) mass is 471 g/mol. The lowest BCUT2D eigenvalue weighted by atomic mass is 10.0. The first-order valence-electron chi connectivity index (χ1n) is 9.43. The summed E-state index contributed by atoms with van der Waals surface area (Å²) in [5, 5.41) is 4.42. The molecule has 0 radical (unpaired) electrons. The molecule has 0 bridgehead atoms. The van der Waals surface area contributed by atoms with E-state index in [1.165, 1.54) is 35.8 Å². The van der Waals surface area contributed by atoms with Crippen LogP contribution in [0, 0.1) is 6.92 Å². The van der Waals surface area contributed by atoms with Gasteiger partial charge in [-0.05, 0) is 30.7 Å². The molecule has 0 aliphatic heterocycles. The SMILES string of the molecule is Cc1nn(C/C(F)=C/CN)c(C(=O)N(C)C)c1Cc1ccc(S(=O)(=O)N(C)C)c(Cl)c1. The van der Waals surface area contributed by atoms with Crippen molar-refractivity contribution in [2.75, 3.05) is 34.7 Å². The molecule has 2 N–H and O–H groups in total. The van der Waals surface area contributed by atoms with Crippen molar-refractivity contribution in [1.82, 2.24) is 19.0 Å². The van der Waals surface area contributed by atoms with Gasteiger partial charge in [0.05, 0.1) is 17.3 Å². The molecule has 1 heterocycles. The van der Waals surface area contributed by atoms with Gasteiger partial charge in [0.1, 0.15) is 16.4 Å². The van der Waals surface area contributed by atoms with E-state index >= 15 is 0 Å². The van der Waals surface area contributed by atoms with Crippen LogP contribution in [0.5, 0.6) is 0 Å². The summed E-state index contributed by atoms with van der Waals surface area (Å²) in [4.78, 5) is 14.2. The Morgan fingerprint density at radius 1 is 1.29 bits per heavy atom. The van der Waals surface area contributed by atoms with Crippen molar-refractivity contribution in [2.45, 2.75) is 24.8 Å². The summed E-state index contributed by atoms with van der Waals surface area (Å²) in [6, 6.07) is 4.62.